The van der Waals surface area contributed by atoms with Gasteiger partial charge in [-0.2, -0.15) is 8.42 Å². The highest BCUT2D eigenvalue weighted by Gasteiger charge is 2.02. The summed E-state index contributed by atoms with van der Waals surface area (Å²) in [6, 6.07) is 7.73. The van der Waals surface area contributed by atoms with Crippen molar-refractivity contribution < 1.29 is 12.6 Å². The van der Waals surface area contributed by atoms with Gasteiger partial charge in [-0.3, -0.25) is 4.18 Å². The zero-order valence-corrected chi connectivity index (χ0v) is 8.75. The molecule has 0 bridgehead atoms. The highest BCUT2D eigenvalue weighted by Crippen LogP contribution is 2.07. The molecule has 1 aromatic carbocycles. The van der Waals surface area contributed by atoms with Crippen molar-refractivity contribution in [3.05, 3.63) is 35.4 Å². The summed E-state index contributed by atoms with van der Waals surface area (Å²) >= 11 is 0. The topological polar surface area (TPSA) is 69.4 Å². The fourth-order valence-corrected chi connectivity index (χ4v) is 1.47. The minimum Gasteiger partial charge on any atom is -0.258 e. The monoisotopic (exact) mass is 215 g/mol. The van der Waals surface area contributed by atoms with Crippen LogP contribution in [-0.2, 0) is 20.9 Å². The zero-order valence-electron chi connectivity index (χ0n) is 7.93. The van der Waals surface area contributed by atoms with Crippen LogP contribution in [0.1, 0.15) is 11.1 Å². The molecule has 5 heteroatoms. The van der Waals surface area contributed by atoms with Gasteiger partial charge in [0.25, 0.3) is 0 Å². The maximum absolute atomic E-state index is 10.5. The van der Waals surface area contributed by atoms with Crippen LogP contribution in [0.15, 0.2) is 24.3 Å². The van der Waals surface area contributed by atoms with Gasteiger partial charge in [0.1, 0.15) is 0 Å². The molecule has 0 saturated carbocycles. The Kier molecular flexibility index (Phi) is 3.62. The van der Waals surface area contributed by atoms with Gasteiger partial charge < -0.3 is 0 Å². The minimum atomic E-state index is -3.81. The van der Waals surface area contributed by atoms with E-state index in [9.17, 15) is 8.42 Å². The quantitative estimate of drug-likeness (QED) is 0.806. The minimum absolute atomic E-state index is 0.0870. The van der Waals surface area contributed by atoms with Gasteiger partial charge in [-0.05, 0) is 24.5 Å². The van der Waals surface area contributed by atoms with Gasteiger partial charge in [0.2, 0.25) is 0 Å². The molecule has 1 aromatic rings. The van der Waals surface area contributed by atoms with Gasteiger partial charge in [-0.25, -0.2) is 5.14 Å². The maximum atomic E-state index is 10.5. The number of hydrogen-bond acceptors (Lipinski definition) is 3. The summed E-state index contributed by atoms with van der Waals surface area (Å²) in [4.78, 5) is 0. The van der Waals surface area contributed by atoms with Crippen molar-refractivity contribution in [2.24, 2.45) is 5.14 Å². The van der Waals surface area contributed by atoms with Crippen molar-refractivity contribution in [2.75, 3.05) is 6.61 Å². The molecule has 1 rings (SSSR count). The molecule has 14 heavy (non-hydrogen) atoms. The van der Waals surface area contributed by atoms with E-state index in [1.54, 1.807) is 0 Å². The van der Waals surface area contributed by atoms with Crippen LogP contribution in [0.25, 0.3) is 0 Å². The smallest absolute Gasteiger partial charge is 0.258 e. The largest absolute Gasteiger partial charge is 0.333 e. The molecule has 4 nitrogen and oxygen atoms in total. The molecule has 2 N–H and O–H groups in total. The van der Waals surface area contributed by atoms with Crippen LogP contribution in [-0.4, -0.2) is 15.0 Å². The number of benzene rings is 1. The Morgan fingerprint density at radius 1 is 1.36 bits per heavy atom. The molecule has 0 atom stereocenters. The van der Waals surface area contributed by atoms with Gasteiger partial charge in [0, 0.05) is 0 Å². The third-order valence-electron chi connectivity index (χ3n) is 1.88. The van der Waals surface area contributed by atoms with Crippen LogP contribution in [0.5, 0.6) is 0 Å². The van der Waals surface area contributed by atoms with Crippen LogP contribution in [0.3, 0.4) is 0 Å². The predicted octanol–water partition coefficient (Wildman–Crippen LogP) is 0.758. The summed E-state index contributed by atoms with van der Waals surface area (Å²) in [5, 5.41) is 4.69. The molecule has 0 saturated heterocycles. The lowest BCUT2D eigenvalue weighted by Crippen LogP contribution is -2.17. The number of aryl methyl sites for hydroxylation is 1. The lowest BCUT2D eigenvalue weighted by molar-refractivity contribution is 0.322. The van der Waals surface area contributed by atoms with Gasteiger partial charge in [0.05, 0.1) is 6.61 Å². The molecule has 0 aromatic heterocycles. The SMILES string of the molecule is Cc1ccccc1CCOS(N)(=O)=O. The molecule has 0 unspecified atom stereocenters. The summed E-state index contributed by atoms with van der Waals surface area (Å²) in [5.41, 5.74) is 2.18. The fourth-order valence-electron chi connectivity index (χ4n) is 1.16. The molecule has 0 radical (unpaired) electrons. The van der Waals surface area contributed by atoms with Crippen molar-refractivity contribution in [1.82, 2.24) is 0 Å². The summed E-state index contributed by atoms with van der Waals surface area (Å²) < 4.78 is 25.4. The van der Waals surface area contributed by atoms with Crippen LogP contribution in [0.2, 0.25) is 0 Å². The van der Waals surface area contributed by atoms with E-state index in [2.05, 4.69) is 9.32 Å². The van der Waals surface area contributed by atoms with Crippen molar-refractivity contribution in [3.63, 3.8) is 0 Å². The number of nitrogens with two attached hydrogens (primary N) is 1. The normalized spacial score (nSPS) is 11.6. The molecule has 0 aliphatic heterocycles. The zero-order chi connectivity index (χ0) is 10.6. The predicted molar refractivity (Wildman–Crippen MR) is 53.9 cm³/mol. The van der Waals surface area contributed by atoms with E-state index in [0.29, 0.717) is 6.42 Å². The van der Waals surface area contributed by atoms with Crippen LogP contribution in [0.4, 0.5) is 0 Å². The van der Waals surface area contributed by atoms with Crippen molar-refractivity contribution in [3.8, 4) is 0 Å². The fraction of sp³-hybridized carbons (Fsp3) is 0.333. The lowest BCUT2D eigenvalue weighted by Gasteiger charge is -2.04. The van der Waals surface area contributed by atoms with Gasteiger partial charge in [0.15, 0.2) is 0 Å². The summed E-state index contributed by atoms with van der Waals surface area (Å²) in [5.74, 6) is 0. The van der Waals surface area contributed by atoms with E-state index in [-0.39, 0.29) is 6.61 Å². The Labute approximate surface area is 83.9 Å². The molecular formula is C9H13NO3S. The van der Waals surface area contributed by atoms with Gasteiger partial charge in [-0.1, -0.05) is 24.3 Å². The van der Waals surface area contributed by atoms with E-state index < -0.39 is 10.3 Å². The average molecular weight is 215 g/mol. The summed E-state index contributed by atoms with van der Waals surface area (Å²) in [6.07, 6.45) is 0.545. The maximum Gasteiger partial charge on any atom is 0.333 e. The lowest BCUT2D eigenvalue weighted by atomic mass is 10.1. The Balaban J connectivity index is 2.51. The average Bonchev–Trinajstić information content (AvgIpc) is 2.06. The second kappa shape index (κ2) is 4.54. The molecule has 0 fully saturated rings. The van der Waals surface area contributed by atoms with Crippen LogP contribution in [0, 0.1) is 6.92 Å². The van der Waals surface area contributed by atoms with E-state index in [4.69, 9.17) is 0 Å². The molecule has 0 aliphatic rings. The number of hydrogen-bond donors (Lipinski definition) is 1. The van der Waals surface area contributed by atoms with E-state index >= 15 is 0 Å². The highest BCUT2D eigenvalue weighted by atomic mass is 32.2. The summed E-state index contributed by atoms with van der Waals surface area (Å²) in [6.45, 7) is 2.05. The second-order valence-corrected chi connectivity index (χ2v) is 4.21. The standard InChI is InChI=1S/C9H13NO3S/c1-8-4-2-3-5-9(8)6-7-13-14(10,11)12/h2-5H,6-7H2,1H3,(H2,10,11,12). The Hall–Kier alpha value is -0.910. The first-order valence-electron chi connectivity index (χ1n) is 4.21. The molecule has 78 valence electrons. The van der Waals surface area contributed by atoms with Crippen LogP contribution >= 0.6 is 0 Å². The highest BCUT2D eigenvalue weighted by molar-refractivity contribution is 7.84. The Morgan fingerprint density at radius 2 is 2.00 bits per heavy atom. The first kappa shape index (κ1) is 11.2. The third kappa shape index (κ3) is 3.87. The van der Waals surface area contributed by atoms with Gasteiger partial charge >= 0.3 is 10.3 Å². The Bertz CT molecular complexity index is 400. The molecular weight excluding hydrogens is 202 g/mol. The first-order valence-corrected chi connectivity index (χ1v) is 5.68. The molecule has 0 spiro atoms. The van der Waals surface area contributed by atoms with Crippen molar-refractivity contribution >= 4 is 10.3 Å². The van der Waals surface area contributed by atoms with E-state index in [1.807, 2.05) is 31.2 Å². The Morgan fingerprint density at radius 3 is 2.57 bits per heavy atom. The van der Waals surface area contributed by atoms with Crippen molar-refractivity contribution in [1.29, 1.82) is 0 Å². The molecule has 0 aliphatic carbocycles. The van der Waals surface area contributed by atoms with E-state index in [0.717, 1.165) is 11.1 Å². The number of rotatable bonds is 4. The third-order valence-corrected chi connectivity index (χ3v) is 2.38. The molecule has 0 heterocycles. The van der Waals surface area contributed by atoms with E-state index in [1.165, 1.54) is 0 Å². The second-order valence-electron chi connectivity index (χ2n) is 2.99. The first-order chi connectivity index (χ1) is 6.49. The molecule has 0 amide bonds. The van der Waals surface area contributed by atoms with Crippen molar-refractivity contribution in [2.45, 2.75) is 13.3 Å². The summed E-state index contributed by atoms with van der Waals surface area (Å²) in [7, 11) is -3.81. The van der Waals surface area contributed by atoms with Gasteiger partial charge in [-0.15, -0.1) is 0 Å². The van der Waals surface area contributed by atoms with Crippen LogP contribution < -0.4 is 5.14 Å².